The molecule has 0 N–H and O–H groups in total. The predicted octanol–water partition coefficient (Wildman–Crippen LogP) is 8.34. The number of aromatic nitrogens is 1. The zero-order valence-corrected chi connectivity index (χ0v) is 20.7. The highest BCUT2D eigenvalue weighted by Crippen LogP contribution is 2.45. The van der Waals surface area contributed by atoms with Gasteiger partial charge in [-0.1, -0.05) is 62.4 Å². The molecule has 5 rings (SSSR count). The van der Waals surface area contributed by atoms with E-state index in [0.717, 1.165) is 49.9 Å². The summed E-state index contributed by atoms with van der Waals surface area (Å²) in [6.07, 6.45) is 0. The Morgan fingerprint density at radius 1 is 0.824 bits per heavy atom. The van der Waals surface area contributed by atoms with Crippen LogP contribution in [-0.2, 0) is 7.05 Å². The van der Waals surface area contributed by atoms with Crippen molar-refractivity contribution >= 4 is 27.6 Å². The van der Waals surface area contributed by atoms with Gasteiger partial charge >= 0.3 is 0 Å². The van der Waals surface area contributed by atoms with Gasteiger partial charge in [-0.15, -0.1) is 0 Å². The topological polar surface area (TPSA) is 21.4 Å². The second-order valence-corrected chi connectivity index (χ2v) is 9.48. The minimum absolute atomic E-state index is 0.465. The molecule has 0 fully saturated rings. The van der Waals surface area contributed by atoms with Crippen molar-refractivity contribution in [3.63, 3.8) is 0 Å². The molecule has 3 aromatic carbocycles. The molecule has 2 heterocycles. The van der Waals surface area contributed by atoms with Crippen molar-refractivity contribution in [2.24, 2.45) is 7.05 Å². The molecule has 5 aromatic rings. The van der Waals surface area contributed by atoms with E-state index in [1.165, 1.54) is 16.8 Å². The van der Waals surface area contributed by atoms with Gasteiger partial charge in [0.25, 0.3) is 0 Å². The maximum Gasteiger partial charge on any atom is 0.216 e. The van der Waals surface area contributed by atoms with Crippen molar-refractivity contribution in [1.82, 2.24) is 0 Å². The van der Waals surface area contributed by atoms with E-state index in [1.807, 2.05) is 25.1 Å². The summed E-state index contributed by atoms with van der Waals surface area (Å²) in [7, 11) is 2.13. The lowest BCUT2D eigenvalue weighted by Gasteiger charge is -2.11. The molecule has 0 atom stereocenters. The lowest BCUT2D eigenvalue weighted by Crippen LogP contribution is -2.36. The highest BCUT2D eigenvalue weighted by molar-refractivity contribution is 6.15. The smallest absolute Gasteiger partial charge is 0.216 e. The molecule has 0 unspecified atom stereocenters. The molecule has 34 heavy (non-hydrogen) atoms. The number of benzene rings is 3. The molecular weight excluding hydrogens is 416 g/mol. The van der Waals surface area contributed by atoms with E-state index >= 15 is 0 Å². The molecule has 168 valence electrons. The van der Waals surface area contributed by atoms with Crippen LogP contribution in [0.4, 0.5) is 5.69 Å². The van der Waals surface area contributed by atoms with Crippen LogP contribution in [0, 0.1) is 27.3 Å². The molecule has 0 saturated carbocycles. The number of aryl methyl sites for hydroxylation is 2. The van der Waals surface area contributed by atoms with Gasteiger partial charge < -0.3 is 4.42 Å². The summed E-state index contributed by atoms with van der Waals surface area (Å²) in [5.41, 5.74) is 11.2. The first-order valence-corrected chi connectivity index (χ1v) is 11.8. The second-order valence-electron chi connectivity index (χ2n) is 9.48. The standard InChI is InChI=1S/C31H29N2O/c1-18(2)23-15-16-26(33(7)21(23)5)27-19(3)13-14-24-25-17-20(4)29(32-6)28(31(25)34-30(24)27)22-11-9-8-10-12-22/h8-18H,1-5,7H3/q+1. The third-order valence-corrected chi connectivity index (χ3v) is 7.06. The minimum atomic E-state index is 0.465. The Labute approximate surface area is 201 Å². The lowest BCUT2D eigenvalue weighted by molar-refractivity contribution is -0.667. The number of pyridine rings is 1. The van der Waals surface area contributed by atoms with E-state index in [2.05, 4.69) is 86.6 Å². The van der Waals surface area contributed by atoms with Gasteiger partial charge in [0, 0.05) is 34.9 Å². The van der Waals surface area contributed by atoms with Gasteiger partial charge in [-0.05, 0) is 42.5 Å². The first-order valence-electron chi connectivity index (χ1n) is 11.8. The summed E-state index contributed by atoms with van der Waals surface area (Å²) in [6.45, 7) is 18.7. The first-order chi connectivity index (χ1) is 16.3. The van der Waals surface area contributed by atoms with Crippen LogP contribution >= 0.6 is 0 Å². The fourth-order valence-corrected chi connectivity index (χ4v) is 5.17. The van der Waals surface area contributed by atoms with Crippen LogP contribution in [0.1, 0.15) is 42.1 Å². The Bertz CT molecular complexity index is 1620. The molecular formula is C31H29N2O+. The first kappa shape index (κ1) is 21.9. The van der Waals surface area contributed by atoms with Crippen molar-refractivity contribution in [2.75, 3.05) is 0 Å². The maximum absolute atomic E-state index is 7.88. The highest BCUT2D eigenvalue weighted by Gasteiger charge is 2.25. The SMILES string of the molecule is [C-]#[N+]c1c(C)cc2c(oc3c(-c4ccc(C(C)C)c(C)[n+]4C)c(C)ccc32)c1-c1ccccc1. The van der Waals surface area contributed by atoms with E-state index in [0.29, 0.717) is 11.6 Å². The van der Waals surface area contributed by atoms with Crippen LogP contribution in [0.3, 0.4) is 0 Å². The quantitative estimate of drug-likeness (QED) is 0.202. The van der Waals surface area contributed by atoms with Crippen LogP contribution in [-0.4, -0.2) is 0 Å². The molecule has 3 heteroatoms. The van der Waals surface area contributed by atoms with Crippen LogP contribution in [0.5, 0.6) is 0 Å². The van der Waals surface area contributed by atoms with Crippen molar-refractivity contribution in [2.45, 2.75) is 40.5 Å². The van der Waals surface area contributed by atoms with Gasteiger partial charge in [-0.25, -0.2) is 4.85 Å². The molecule has 2 aromatic heterocycles. The number of hydrogen-bond acceptors (Lipinski definition) is 1. The molecule has 0 bridgehead atoms. The number of rotatable bonds is 3. The van der Waals surface area contributed by atoms with Crippen LogP contribution < -0.4 is 4.57 Å². The molecule has 0 aliphatic carbocycles. The highest BCUT2D eigenvalue weighted by atomic mass is 16.3. The van der Waals surface area contributed by atoms with E-state index < -0.39 is 0 Å². The molecule has 0 saturated heterocycles. The fraction of sp³-hybridized carbons (Fsp3) is 0.226. The maximum atomic E-state index is 7.88. The Kier molecular flexibility index (Phi) is 5.25. The predicted molar refractivity (Wildman–Crippen MR) is 140 cm³/mol. The fourth-order valence-electron chi connectivity index (χ4n) is 5.17. The van der Waals surface area contributed by atoms with Crippen molar-refractivity contribution in [3.8, 4) is 22.4 Å². The van der Waals surface area contributed by atoms with Gasteiger partial charge in [-0.3, -0.25) is 0 Å². The molecule has 0 spiro atoms. The van der Waals surface area contributed by atoms with Crippen molar-refractivity contribution in [1.29, 1.82) is 0 Å². The zero-order valence-electron chi connectivity index (χ0n) is 20.7. The summed E-state index contributed by atoms with van der Waals surface area (Å²) < 4.78 is 8.99. The monoisotopic (exact) mass is 445 g/mol. The largest absolute Gasteiger partial charge is 0.456 e. The van der Waals surface area contributed by atoms with Crippen LogP contribution in [0.2, 0.25) is 0 Å². The zero-order chi connectivity index (χ0) is 24.1. The molecule has 3 nitrogen and oxygen atoms in total. The third-order valence-electron chi connectivity index (χ3n) is 7.06. The molecule has 0 amide bonds. The van der Waals surface area contributed by atoms with Gasteiger partial charge in [0.1, 0.15) is 18.2 Å². The lowest BCUT2D eigenvalue weighted by atomic mass is 9.95. The number of fused-ring (bicyclic) bond motifs is 3. The molecule has 0 aliphatic heterocycles. The third kappa shape index (κ3) is 3.22. The molecule has 0 aliphatic rings. The summed E-state index contributed by atoms with van der Waals surface area (Å²) in [6, 6.07) is 21.0. The number of hydrogen-bond donors (Lipinski definition) is 0. The summed E-state index contributed by atoms with van der Waals surface area (Å²) in [4.78, 5) is 3.90. The minimum Gasteiger partial charge on any atom is -0.456 e. The van der Waals surface area contributed by atoms with E-state index in [-0.39, 0.29) is 0 Å². The summed E-state index contributed by atoms with van der Waals surface area (Å²) in [5, 5.41) is 2.14. The molecule has 0 radical (unpaired) electrons. The average Bonchev–Trinajstić information content (AvgIpc) is 3.18. The second kappa shape index (κ2) is 8.15. The van der Waals surface area contributed by atoms with Crippen molar-refractivity contribution < 1.29 is 8.98 Å². The Balaban J connectivity index is 1.91. The Morgan fingerprint density at radius 2 is 1.53 bits per heavy atom. The summed E-state index contributed by atoms with van der Waals surface area (Å²) in [5.74, 6) is 0.465. The van der Waals surface area contributed by atoms with Gasteiger partial charge in [0.05, 0.1) is 12.1 Å². The number of nitrogens with zero attached hydrogens (tertiary/aromatic N) is 2. The van der Waals surface area contributed by atoms with E-state index in [1.54, 1.807) is 0 Å². The van der Waals surface area contributed by atoms with Crippen molar-refractivity contribution in [3.05, 3.63) is 94.5 Å². The van der Waals surface area contributed by atoms with Crippen LogP contribution in [0.25, 0.3) is 49.2 Å². The normalized spacial score (nSPS) is 11.5. The Morgan fingerprint density at radius 3 is 2.21 bits per heavy atom. The Hall–Kier alpha value is -3.90. The van der Waals surface area contributed by atoms with Gasteiger partial charge in [0.2, 0.25) is 11.4 Å². The van der Waals surface area contributed by atoms with E-state index in [4.69, 9.17) is 11.0 Å². The number of furan rings is 1. The van der Waals surface area contributed by atoms with E-state index in [9.17, 15) is 0 Å². The van der Waals surface area contributed by atoms with Gasteiger partial charge in [-0.2, -0.15) is 4.57 Å². The summed E-state index contributed by atoms with van der Waals surface area (Å²) >= 11 is 0. The average molecular weight is 446 g/mol. The van der Waals surface area contributed by atoms with Gasteiger partial charge in [0.15, 0.2) is 5.69 Å². The van der Waals surface area contributed by atoms with Crippen LogP contribution in [0.15, 0.2) is 65.1 Å².